The van der Waals surface area contributed by atoms with Gasteiger partial charge in [-0.3, -0.25) is 9.97 Å². The summed E-state index contributed by atoms with van der Waals surface area (Å²) in [4.78, 5) is 9.28. The van der Waals surface area contributed by atoms with Crippen molar-refractivity contribution in [1.82, 2.24) is 15.3 Å². The Kier molecular flexibility index (Phi) is 11.9. The number of unbranched alkanes of at least 4 members (excludes halogenated alkanes) is 10. The second-order valence-electron chi connectivity index (χ2n) is 9.68. The van der Waals surface area contributed by atoms with Gasteiger partial charge in [0.15, 0.2) is 0 Å². The molecule has 3 rings (SSSR count). The van der Waals surface area contributed by atoms with Crippen LogP contribution in [-0.4, -0.2) is 22.8 Å². The minimum atomic E-state index is -0.0321. The quantitative estimate of drug-likeness (QED) is 0.243. The number of nitrogens with zero attached hydrogens (tertiary/aromatic N) is 2. The van der Waals surface area contributed by atoms with Gasteiger partial charge in [-0.2, -0.15) is 0 Å². The first-order valence-electron chi connectivity index (χ1n) is 13.4. The zero-order valence-corrected chi connectivity index (χ0v) is 20.4. The highest BCUT2D eigenvalue weighted by Crippen LogP contribution is 2.34. The van der Waals surface area contributed by atoms with Gasteiger partial charge in [0, 0.05) is 24.6 Å². The van der Waals surface area contributed by atoms with Gasteiger partial charge in [0.2, 0.25) is 0 Å². The Hall–Kier alpha value is -1.68. The molecule has 178 valence electrons. The van der Waals surface area contributed by atoms with Gasteiger partial charge in [-0.05, 0) is 31.3 Å². The van der Waals surface area contributed by atoms with Crippen LogP contribution in [-0.2, 0) is 11.2 Å². The third-order valence-electron chi connectivity index (χ3n) is 6.64. The molecule has 32 heavy (non-hydrogen) atoms. The molecule has 0 radical (unpaired) electrons. The number of rotatable bonds is 18. The minimum Gasteiger partial charge on any atom is -0.362 e. The lowest BCUT2D eigenvalue weighted by atomic mass is 10.1. The van der Waals surface area contributed by atoms with Crippen LogP contribution in [0.5, 0.6) is 0 Å². The maximum atomic E-state index is 5.89. The molecule has 4 heteroatoms. The van der Waals surface area contributed by atoms with Gasteiger partial charge >= 0.3 is 0 Å². The zero-order valence-electron chi connectivity index (χ0n) is 20.4. The molecule has 4 nitrogen and oxygen atoms in total. The van der Waals surface area contributed by atoms with Crippen LogP contribution in [0.25, 0.3) is 5.57 Å². The van der Waals surface area contributed by atoms with Crippen molar-refractivity contribution < 1.29 is 4.74 Å². The molecule has 0 amide bonds. The third kappa shape index (κ3) is 10.3. The Morgan fingerprint density at radius 3 is 2.31 bits per heavy atom. The molecule has 1 N–H and O–H groups in total. The largest absolute Gasteiger partial charge is 0.362 e. The predicted molar refractivity (Wildman–Crippen MR) is 134 cm³/mol. The average Bonchev–Trinajstić information content (AvgIpc) is 3.66. The molecule has 1 aliphatic carbocycles. The standard InChI is InChI=1S/C28H45N3O/c1-2-3-4-10-13-20-32-28-19-18-25(21-31-28)27-23-29-26(22-30-27)15-12-9-7-5-6-8-11-14-24-16-17-24/h18-19,21-24,28,31H,2-17,20H2,1H3. The summed E-state index contributed by atoms with van der Waals surface area (Å²) in [5.74, 6) is 1.10. The molecule has 0 spiro atoms. The molecule has 1 atom stereocenters. The van der Waals surface area contributed by atoms with E-state index in [4.69, 9.17) is 4.74 Å². The van der Waals surface area contributed by atoms with Gasteiger partial charge in [-0.1, -0.05) is 96.5 Å². The molecule has 2 heterocycles. The molecular weight excluding hydrogens is 394 g/mol. The molecule has 1 saturated carbocycles. The van der Waals surface area contributed by atoms with E-state index in [2.05, 4.69) is 34.4 Å². The molecule has 1 aliphatic heterocycles. The lowest BCUT2D eigenvalue weighted by molar-refractivity contribution is 0.0682. The van der Waals surface area contributed by atoms with E-state index >= 15 is 0 Å². The van der Waals surface area contributed by atoms with Gasteiger partial charge < -0.3 is 10.1 Å². The monoisotopic (exact) mass is 439 g/mol. The molecule has 1 aromatic heterocycles. The topological polar surface area (TPSA) is 47.0 Å². The lowest BCUT2D eigenvalue weighted by Gasteiger charge is -2.19. The average molecular weight is 440 g/mol. The van der Waals surface area contributed by atoms with Crippen molar-refractivity contribution in [2.24, 2.45) is 5.92 Å². The first-order valence-corrected chi connectivity index (χ1v) is 13.4. The molecule has 1 unspecified atom stereocenters. The van der Waals surface area contributed by atoms with Crippen molar-refractivity contribution in [1.29, 1.82) is 0 Å². The Balaban J connectivity index is 1.22. The summed E-state index contributed by atoms with van der Waals surface area (Å²) in [6.07, 6.45) is 31.4. The smallest absolute Gasteiger partial charge is 0.146 e. The van der Waals surface area contributed by atoms with E-state index in [1.54, 1.807) is 0 Å². The van der Waals surface area contributed by atoms with Gasteiger partial charge in [-0.25, -0.2) is 0 Å². The van der Waals surface area contributed by atoms with Gasteiger partial charge in [-0.15, -0.1) is 0 Å². The van der Waals surface area contributed by atoms with Crippen LogP contribution in [0, 0.1) is 5.92 Å². The Morgan fingerprint density at radius 2 is 1.62 bits per heavy atom. The predicted octanol–water partition coefficient (Wildman–Crippen LogP) is 7.36. The van der Waals surface area contributed by atoms with Crippen LogP contribution < -0.4 is 5.32 Å². The van der Waals surface area contributed by atoms with E-state index in [0.29, 0.717) is 0 Å². The van der Waals surface area contributed by atoms with E-state index in [-0.39, 0.29) is 6.23 Å². The van der Waals surface area contributed by atoms with Gasteiger partial charge in [0.25, 0.3) is 0 Å². The van der Waals surface area contributed by atoms with E-state index < -0.39 is 0 Å². The van der Waals surface area contributed by atoms with E-state index in [0.717, 1.165) is 42.3 Å². The fraction of sp³-hybridized carbons (Fsp3) is 0.714. The number of hydrogen-bond donors (Lipinski definition) is 1. The number of aryl methyl sites for hydroxylation is 1. The number of ether oxygens (including phenoxy) is 1. The first-order chi connectivity index (χ1) is 15.8. The van der Waals surface area contributed by atoms with Gasteiger partial charge in [0.1, 0.15) is 6.23 Å². The van der Waals surface area contributed by atoms with Gasteiger partial charge in [0.05, 0.1) is 17.6 Å². The van der Waals surface area contributed by atoms with E-state index in [1.807, 2.05) is 18.6 Å². The molecule has 1 fully saturated rings. The maximum Gasteiger partial charge on any atom is 0.146 e. The highest BCUT2D eigenvalue weighted by molar-refractivity contribution is 5.71. The minimum absolute atomic E-state index is 0.0321. The van der Waals surface area contributed by atoms with E-state index in [9.17, 15) is 0 Å². The summed E-state index contributed by atoms with van der Waals surface area (Å²) in [6, 6.07) is 0. The number of allylic oxidation sites excluding steroid dienone is 2. The SMILES string of the molecule is CCCCCCCOC1C=CC(c2cnc(CCCCCCCCCC3CC3)cn2)=CN1. The summed E-state index contributed by atoms with van der Waals surface area (Å²) in [5, 5.41) is 3.32. The van der Waals surface area contributed by atoms with Crippen LogP contribution in [0.15, 0.2) is 30.7 Å². The first kappa shape index (κ1) is 25.0. The number of dihydropyridines is 1. The van der Waals surface area contributed by atoms with Crippen LogP contribution >= 0.6 is 0 Å². The van der Waals surface area contributed by atoms with Crippen molar-refractivity contribution in [3.05, 3.63) is 42.1 Å². The Labute approximate surface area is 196 Å². The van der Waals surface area contributed by atoms with Crippen molar-refractivity contribution in [3.8, 4) is 0 Å². The number of aromatic nitrogens is 2. The van der Waals surface area contributed by atoms with Crippen molar-refractivity contribution in [2.45, 2.75) is 116 Å². The second kappa shape index (κ2) is 15.2. The maximum absolute atomic E-state index is 5.89. The van der Waals surface area contributed by atoms with Crippen molar-refractivity contribution >= 4 is 5.57 Å². The fourth-order valence-corrected chi connectivity index (χ4v) is 4.31. The summed E-state index contributed by atoms with van der Waals surface area (Å²) in [6.45, 7) is 3.05. The molecule has 0 aromatic carbocycles. The molecular formula is C28H45N3O. The fourth-order valence-electron chi connectivity index (χ4n) is 4.31. The van der Waals surface area contributed by atoms with Crippen LogP contribution in [0.2, 0.25) is 0 Å². The van der Waals surface area contributed by atoms with E-state index in [1.165, 1.54) is 89.9 Å². The number of nitrogens with one attached hydrogen (secondary N) is 1. The van der Waals surface area contributed by atoms with Crippen LogP contribution in [0.1, 0.15) is 115 Å². The summed E-state index contributed by atoms with van der Waals surface area (Å²) in [7, 11) is 0. The zero-order chi connectivity index (χ0) is 22.3. The number of hydrogen-bond acceptors (Lipinski definition) is 4. The second-order valence-corrected chi connectivity index (χ2v) is 9.68. The Morgan fingerprint density at radius 1 is 0.875 bits per heavy atom. The van der Waals surface area contributed by atoms with Crippen LogP contribution in [0.4, 0.5) is 0 Å². The third-order valence-corrected chi connectivity index (χ3v) is 6.64. The van der Waals surface area contributed by atoms with Crippen LogP contribution in [0.3, 0.4) is 0 Å². The molecule has 1 aromatic rings. The summed E-state index contributed by atoms with van der Waals surface area (Å²) >= 11 is 0. The van der Waals surface area contributed by atoms with Crippen molar-refractivity contribution in [2.75, 3.05) is 6.61 Å². The highest BCUT2D eigenvalue weighted by atomic mass is 16.5. The highest BCUT2D eigenvalue weighted by Gasteiger charge is 2.19. The normalized spacial score (nSPS) is 17.9. The molecule has 0 saturated heterocycles. The summed E-state index contributed by atoms with van der Waals surface area (Å²) < 4.78 is 5.89. The van der Waals surface area contributed by atoms with Crippen molar-refractivity contribution in [3.63, 3.8) is 0 Å². The summed E-state index contributed by atoms with van der Waals surface area (Å²) in [5.41, 5.74) is 3.09. The lowest BCUT2D eigenvalue weighted by Crippen LogP contribution is -2.28. The Bertz CT molecular complexity index is 678. The molecule has 0 bridgehead atoms. The molecule has 2 aliphatic rings.